The predicted molar refractivity (Wildman–Crippen MR) is 82.6 cm³/mol. The fourth-order valence-electron chi connectivity index (χ4n) is 1.67. The van der Waals surface area contributed by atoms with Gasteiger partial charge in [-0.3, -0.25) is 0 Å². The Hall–Kier alpha value is -1.80. The van der Waals surface area contributed by atoms with Crippen LogP contribution in [0.25, 0.3) is 0 Å². The third kappa shape index (κ3) is 6.63. The minimum atomic E-state index is 0.175. The minimum Gasteiger partial charge on any atom is -0.395 e. The molecule has 0 aliphatic carbocycles. The molecule has 0 aromatic heterocycles. The maximum Gasteiger partial charge on any atom is 0.0604 e. The van der Waals surface area contributed by atoms with Crippen LogP contribution in [0.2, 0.25) is 0 Å². The molecule has 0 atom stereocenters. The smallest absolute Gasteiger partial charge is 0.0604 e. The zero-order valence-corrected chi connectivity index (χ0v) is 11.8. The molecule has 2 N–H and O–H groups in total. The zero-order chi connectivity index (χ0) is 13.9. The second kappa shape index (κ2) is 9.17. The molecular weight excluding hydrogens is 234 g/mol. The molecule has 102 valence electrons. The molecule has 0 heterocycles. The number of aliphatic hydroxyl groups excluding tert-OH is 1. The lowest BCUT2D eigenvalue weighted by Gasteiger charge is -2.03. The van der Waals surface area contributed by atoms with Gasteiger partial charge in [-0.1, -0.05) is 49.4 Å². The maximum atomic E-state index is 8.53. The molecule has 2 heteroatoms. The summed E-state index contributed by atoms with van der Waals surface area (Å²) in [5, 5.41) is 11.6. The first kappa shape index (κ1) is 15.3. The first-order chi connectivity index (χ1) is 9.26. The fraction of sp³-hybridized carbons (Fsp3) is 0.294. The molecular formula is C17H23NO. The molecule has 2 nitrogen and oxygen atoms in total. The van der Waals surface area contributed by atoms with Crippen LogP contribution in [0.15, 0.2) is 54.6 Å². The number of rotatable bonds is 4. The van der Waals surface area contributed by atoms with Crippen LogP contribution >= 0.6 is 0 Å². The summed E-state index contributed by atoms with van der Waals surface area (Å²) in [5.41, 5.74) is 3.71. The molecule has 2 rings (SSSR count). The lowest BCUT2D eigenvalue weighted by molar-refractivity contribution is 0.311. The Morgan fingerprint density at radius 1 is 1.00 bits per heavy atom. The average Bonchev–Trinajstić information content (AvgIpc) is 2.47. The number of aliphatic hydroxyl groups is 1. The second-order valence-corrected chi connectivity index (χ2v) is 4.36. The van der Waals surface area contributed by atoms with Crippen LogP contribution in [-0.4, -0.2) is 18.3 Å². The summed E-state index contributed by atoms with van der Waals surface area (Å²) in [6.45, 7) is 5.00. The van der Waals surface area contributed by atoms with E-state index in [0.29, 0.717) is 6.54 Å². The van der Waals surface area contributed by atoms with Crippen molar-refractivity contribution in [1.29, 1.82) is 0 Å². The van der Waals surface area contributed by atoms with Crippen LogP contribution in [0.4, 0.5) is 5.69 Å². The van der Waals surface area contributed by atoms with Gasteiger partial charge in [0.2, 0.25) is 0 Å². The van der Waals surface area contributed by atoms with Crippen molar-refractivity contribution in [2.45, 2.75) is 20.3 Å². The quantitative estimate of drug-likeness (QED) is 0.876. The molecule has 0 fully saturated rings. The summed E-state index contributed by atoms with van der Waals surface area (Å²) in [7, 11) is 0. The van der Waals surface area contributed by atoms with E-state index in [1.807, 2.05) is 31.2 Å². The van der Waals surface area contributed by atoms with Crippen LogP contribution in [0.3, 0.4) is 0 Å². The molecule has 0 unspecified atom stereocenters. The van der Waals surface area contributed by atoms with E-state index in [4.69, 9.17) is 5.11 Å². The Bertz CT molecular complexity index is 454. The van der Waals surface area contributed by atoms with Crippen LogP contribution < -0.4 is 5.32 Å². The highest BCUT2D eigenvalue weighted by Crippen LogP contribution is 2.08. The Labute approximate surface area is 116 Å². The van der Waals surface area contributed by atoms with Crippen LogP contribution in [0.1, 0.15) is 18.1 Å². The highest BCUT2D eigenvalue weighted by atomic mass is 16.3. The van der Waals surface area contributed by atoms with Gasteiger partial charge in [0.1, 0.15) is 0 Å². The Kier molecular flexibility index (Phi) is 7.37. The molecule has 0 spiro atoms. The summed E-state index contributed by atoms with van der Waals surface area (Å²) in [5.74, 6) is 0. The standard InChI is InChI=1S/C9H13NO.C8H10/c1-8-3-2-4-9(7-8)10-5-6-11;1-2-8-6-4-3-5-7-8/h2-4,7,10-11H,5-6H2,1H3;3-7H,2H2,1H3. The Morgan fingerprint density at radius 2 is 1.74 bits per heavy atom. The monoisotopic (exact) mass is 257 g/mol. The van der Waals surface area contributed by atoms with Crippen molar-refractivity contribution in [3.63, 3.8) is 0 Å². The van der Waals surface area contributed by atoms with Crippen molar-refractivity contribution < 1.29 is 5.11 Å². The van der Waals surface area contributed by atoms with E-state index in [2.05, 4.69) is 42.6 Å². The van der Waals surface area contributed by atoms with Crippen LogP contribution in [0.5, 0.6) is 0 Å². The third-order valence-electron chi connectivity index (χ3n) is 2.71. The molecule has 0 saturated carbocycles. The summed E-state index contributed by atoms with van der Waals surface area (Å²) < 4.78 is 0. The van der Waals surface area contributed by atoms with Gasteiger partial charge in [0.25, 0.3) is 0 Å². The zero-order valence-electron chi connectivity index (χ0n) is 11.8. The first-order valence-electron chi connectivity index (χ1n) is 6.71. The number of hydrogen-bond donors (Lipinski definition) is 2. The van der Waals surface area contributed by atoms with Crippen molar-refractivity contribution in [3.05, 3.63) is 65.7 Å². The molecule has 0 saturated heterocycles. The number of hydrogen-bond acceptors (Lipinski definition) is 2. The van der Waals surface area contributed by atoms with Gasteiger partial charge in [-0.25, -0.2) is 0 Å². The van der Waals surface area contributed by atoms with Gasteiger partial charge in [0, 0.05) is 12.2 Å². The van der Waals surface area contributed by atoms with Crippen molar-refractivity contribution in [3.8, 4) is 0 Å². The van der Waals surface area contributed by atoms with Crippen molar-refractivity contribution in [1.82, 2.24) is 0 Å². The number of aryl methyl sites for hydroxylation is 2. The van der Waals surface area contributed by atoms with E-state index in [9.17, 15) is 0 Å². The Balaban J connectivity index is 0.000000200. The molecule has 0 aliphatic rings. The van der Waals surface area contributed by atoms with E-state index in [0.717, 1.165) is 12.1 Å². The summed E-state index contributed by atoms with van der Waals surface area (Å²) >= 11 is 0. The lowest BCUT2D eigenvalue weighted by Crippen LogP contribution is -2.04. The topological polar surface area (TPSA) is 32.3 Å². The van der Waals surface area contributed by atoms with Gasteiger partial charge in [-0.15, -0.1) is 0 Å². The van der Waals surface area contributed by atoms with Gasteiger partial charge >= 0.3 is 0 Å². The molecule has 0 aliphatic heterocycles. The maximum absolute atomic E-state index is 8.53. The van der Waals surface area contributed by atoms with E-state index < -0.39 is 0 Å². The summed E-state index contributed by atoms with van der Waals surface area (Å²) in [4.78, 5) is 0. The van der Waals surface area contributed by atoms with E-state index in [1.54, 1.807) is 0 Å². The normalized spacial score (nSPS) is 9.42. The van der Waals surface area contributed by atoms with Gasteiger partial charge in [-0.05, 0) is 36.6 Å². The first-order valence-corrected chi connectivity index (χ1v) is 6.71. The highest BCUT2D eigenvalue weighted by molar-refractivity contribution is 5.45. The van der Waals surface area contributed by atoms with Crippen LogP contribution in [0, 0.1) is 6.92 Å². The van der Waals surface area contributed by atoms with Gasteiger partial charge in [0.05, 0.1) is 6.61 Å². The fourth-order valence-corrected chi connectivity index (χ4v) is 1.67. The molecule has 19 heavy (non-hydrogen) atoms. The van der Waals surface area contributed by atoms with E-state index >= 15 is 0 Å². The highest BCUT2D eigenvalue weighted by Gasteiger charge is 1.89. The SMILES string of the molecule is CCc1ccccc1.Cc1cccc(NCCO)c1. The van der Waals surface area contributed by atoms with Crippen molar-refractivity contribution in [2.75, 3.05) is 18.5 Å². The largest absolute Gasteiger partial charge is 0.395 e. The Morgan fingerprint density at radius 3 is 2.26 bits per heavy atom. The van der Waals surface area contributed by atoms with Crippen molar-refractivity contribution in [2.24, 2.45) is 0 Å². The predicted octanol–water partition coefficient (Wildman–Crippen LogP) is 3.65. The van der Waals surface area contributed by atoms with E-state index in [1.165, 1.54) is 11.1 Å². The second-order valence-electron chi connectivity index (χ2n) is 4.36. The van der Waals surface area contributed by atoms with Crippen LogP contribution in [-0.2, 0) is 6.42 Å². The average molecular weight is 257 g/mol. The lowest BCUT2D eigenvalue weighted by atomic mass is 10.2. The summed E-state index contributed by atoms with van der Waals surface area (Å²) in [6, 6.07) is 18.5. The third-order valence-corrected chi connectivity index (χ3v) is 2.71. The number of benzene rings is 2. The molecule has 0 radical (unpaired) electrons. The minimum absolute atomic E-state index is 0.175. The number of nitrogens with one attached hydrogen (secondary N) is 1. The van der Waals surface area contributed by atoms with Gasteiger partial charge in [0.15, 0.2) is 0 Å². The van der Waals surface area contributed by atoms with Gasteiger partial charge in [-0.2, -0.15) is 0 Å². The van der Waals surface area contributed by atoms with Crippen molar-refractivity contribution >= 4 is 5.69 Å². The summed E-state index contributed by atoms with van der Waals surface area (Å²) in [6.07, 6.45) is 1.14. The molecule has 0 bridgehead atoms. The molecule has 0 amide bonds. The van der Waals surface area contributed by atoms with Gasteiger partial charge < -0.3 is 10.4 Å². The number of anilines is 1. The molecule has 2 aromatic rings. The van der Waals surface area contributed by atoms with E-state index in [-0.39, 0.29) is 6.61 Å². The molecule has 2 aromatic carbocycles.